The van der Waals surface area contributed by atoms with E-state index in [1.165, 1.54) is 17.4 Å². The van der Waals surface area contributed by atoms with Gasteiger partial charge in [-0.15, -0.1) is 11.3 Å². The highest BCUT2D eigenvalue weighted by Gasteiger charge is 2.01. The molecule has 2 nitrogen and oxygen atoms in total. The molecule has 2 rings (SSSR count). The molecule has 0 unspecified atom stereocenters. The minimum Gasteiger partial charge on any atom is -0.310 e. The first-order valence-electron chi connectivity index (χ1n) is 5.30. The van der Waals surface area contributed by atoms with E-state index in [0.717, 1.165) is 17.1 Å². The van der Waals surface area contributed by atoms with Gasteiger partial charge in [0.2, 0.25) is 0 Å². The monoisotopic (exact) mass is 270 g/mol. The summed E-state index contributed by atoms with van der Waals surface area (Å²) in [4.78, 5) is 4.13. The average molecular weight is 271 g/mol. The Balaban J connectivity index is 1.75. The summed E-state index contributed by atoms with van der Waals surface area (Å²) in [5.41, 5.74) is 0.733. The van der Waals surface area contributed by atoms with Crippen LogP contribution in [0.2, 0.25) is 4.34 Å². The summed E-state index contributed by atoms with van der Waals surface area (Å²) in [6.07, 6.45) is 2.31. The topological polar surface area (TPSA) is 24.9 Å². The van der Waals surface area contributed by atoms with E-state index in [9.17, 15) is 4.39 Å². The molecule has 0 radical (unpaired) electrons. The van der Waals surface area contributed by atoms with Gasteiger partial charge in [0.15, 0.2) is 0 Å². The quantitative estimate of drug-likeness (QED) is 0.844. The highest BCUT2D eigenvalue weighted by atomic mass is 35.5. The molecule has 0 bridgehead atoms. The largest absolute Gasteiger partial charge is 0.310 e. The maximum Gasteiger partial charge on any atom is 0.126 e. The van der Waals surface area contributed by atoms with E-state index >= 15 is 0 Å². The van der Waals surface area contributed by atoms with Gasteiger partial charge >= 0.3 is 0 Å². The zero-order chi connectivity index (χ0) is 12.1. The second kappa shape index (κ2) is 6.10. The van der Waals surface area contributed by atoms with Crippen LogP contribution in [-0.2, 0) is 13.0 Å². The molecule has 2 aromatic rings. The number of rotatable bonds is 5. The van der Waals surface area contributed by atoms with Gasteiger partial charge in [-0.25, -0.2) is 9.37 Å². The van der Waals surface area contributed by atoms with Crippen LogP contribution in [0, 0.1) is 5.82 Å². The number of hydrogen-bond acceptors (Lipinski definition) is 3. The Morgan fingerprint density at radius 1 is 1.35 bits per heavy atom. The van der Waals surface area contributed by atoms with Crippen LogP contribution >= 0.6 is 22.9 Å². The number of nitrogens with one attached hydrogen (secondary N) is 1. The first-order chi connectivity index (χ1) is 8.25. The second-order valence-corrected chi connectivity index (χ2v) is 5.32. The molecule has 5 heteroatoms. The normalized spacial score (nSPS) is 10.7. The third-order valence-corrected chi connectivity index (χ3v) is 3.45. The smallest absolute Gasteiger partial charge is 0.126 e. The van der Waals surface area contributed by atoms with E-state index in [4.69, 9.17) is 11.6 Å². The maximum atomic E-state index is 13.3. The molecule has 0 atom stereocenters. The van der Waals surface area contributed by atoms with Gasteiger partial charge < -0.3 is 5.32 Å². The molecular weight excluding hydrogens is 259 g/mol. The van der Waals surface area contributed by atoms with E-state index in [2.05, 4.69) is 10.3 Å². The Labute approximate surface area is 108 Å². The number of hydrogen-bond donors (Lipinski definition) is 1. The Hall–Kier alpha value is -0.970. The SMILES string of the molecule is Fc1ccccc1CCNCc1ncc(Cl)s1. The lowest BCUT2D eigenvalue weighted by molar-refractivity contribution is 0.597. The molecule has 90 valence electrons. The van der Waals surface area contributed by atoms with E-state index in [1.807, 2.05) is 6.07 Å². The molecule has 1 N–H and O–H groups in total. The molecule has 0 saturated heterocycles. The van der Waals surface area contributed by atoms with Crippen LogP contribution in [0.15, 0.2) is 30.5 Å². The van der Waals surface area contributed by atoms with E-state index < -0.39 is 0 Å². The Bertz CT molecular complexity index is 487. The molecule has 0 fully saturated rings. The van der Waals surface area contributed by atoms with Crippen molar-refractivity contribution in [1.29, 1.82) is 0 Å². The molecule has 0 spiro atoms. The van der Waals surface area contributed by atoms with Gasteiger partial charge in [0.1, 0.15) is 15.2 Å². The van der Waals surface area contributed by atoms with Crippen molar-refractivity contribution in [3.05, 3.63) is 51.2 Å². The van der Waals surface area contributed by atoms with Crippen molar-refractivity contribution in [3.8, 4) is 0 Å². The van der Waals surface area contributed by atoms with Gasteiger partial charge in [-0.2, -0.15) is 0 Å². The zero-order valence-electron chi connectivity index (χ0n) is 9.12. The van der Waals surface area contributed by atoms with E-state index in [-0.39, 0.29) is 5.82 Å². The van der Waals surface area contributed by atoms with Crippen LogP contribution < -0.4 is 5.32 Å². The Morgan fingerprint density at radius 2 is 2.18 bits per heavy atom. The van der Waals surface area contributed by atoms with Gasteiger partial charge in [0, 0.05) is 6.54 Å². The number of halogens is 2. The van der Waals surface area contributed by atoms with Crippen LogP contribution in [0.1, 0.15) is 10.6 Å². The second-order valence-electron chi connectivity index (χ2n) is 3.58. The predicted molar refractivity (Wildman–Crippen MR) is 68.9 cm³/mol. The molecule has 1 aromatic carbocycles. The molecular formula is C12H12ClFN2S. The number of nitrogens with zero attached hydrogens (tertiary/aromatic N) is 1. The summed E-state index contributed by atoms with van der Waals surface area (Å²) in [6.45, 7) is 1.39. The van der Waals surface area contributed by atoms with Crippen molar-refractivity contribution in [3.63, 3.8) is 0 Å². The Kier molecular flexibility index (Phi) is 4.48. The standard InChI is InChI=1S/C12H12ClFN2S/c13-11-7-16-12(17-11)8-15-6-5-9-3-1-2-4-10(9)14/h1-4,7,15H,5-6,8H2. The van der Waals surface area contributed by atoms with Crippen molar-refractivity contribution in [2.24, 2.45) is 0 Å². The van der Waals surface area contributed by atoms with Crippen molar-refractivity contribution < 1.29 is 4.39 Å². The summed E-state index contributed by atoms with van der Waals surface area (Å²) in [7, 11) is 0. The number of thiazole rings is 1. The van der Waals surface area contributed by atoms with E-state index in [0.29, 0.717) is 17.3 Å². The molecule has 17 heavy (non-hydrogen) atoms. The highest BCUT2D eigenvalue weighted by Crippen LogP contribution is 2.17. The number of benzene rings is 1. The molecule has 1 heterocycles. The molecule has 0 aliphatic rings. The van der Waals surface area contributed by atoms with Gasteiger partial charge in [-0.05, 0) is 24.6 Å². The third kappa shape index (κ3) is 3.77. The fraction of sp³-hybridized carbons (Fsp3) is 0.250. The van der Waals surface area contributed by atoms with E-state index in [1.54, 1.807) is 18.3 Å². The Morgan fingerprint density at radius 3 is 2.88 bits per heavy atom. The summed E-state index contributed by atoms with van der Waals surface area (Å²) in [5, 5.41) is 4.16. The summed E-state index contributed by atoms with van der Waals surface area (Å²) < 4.78 is 14.0. The zero-order valence-corrected chi connectivity index (χ0v) is 10.7. The molecule has 1 aromatic heterocycles. The lowest BCUT2D eigenvalue weighted by atomic mass is 10.1. The fourth-order valence-corrected chi connectivity index (χ4v) is 2.42. The van der Waals surface area contributed by atoms with Crippen LogP contribution in [-0.4, -0.2) is 11.5 Å². The lowest BCUT2D eigenvalue weighted by Crippen LogP contribution is -2.16. The molecule has 0 aliphatic heterocycles. The van der Waals surface area contributed by atoms with Gasteiger partial charge in [-0.3, -0.25) is 0 Å². The average Bonchev–Trinajstić information content (AvgIpc) is 2.73. The molecule has 0 saturated carbocycles. The predicted octanol–water partition coefficient (Wildman–Crippen LogP) is 3.27. The minimum atomic E-state index is -0.147. The van der Waals surface area contributed by atoms with Crippen molar-refractivity contribution in [2.45, 2.75) is 13.0 Å². The minimum absolute atomic E-state index is 0.147. The summed E-state index contributed by atoms with van der Waals surface area (Å²) in [5.74, 6) is -0.147. The lowest BCUT2D eigenvalue weighted by Gasteiger charge is -2.03. The summed E-state index contributed by atoms with van der Waals surface area (Å²) >= 11 is 7.22. The third-order valence-electron chi connectivity index (χ3n) is 2.33. The van der Waals surface area contributed by atoms with Gasteiger partial charge in [-0.1, -0.05) is 29.8 Å². The van der Waals surface area contributed by atoms with Crippen LogP contribution in [0.4, 0.5) is 4.39 Å². The summed E-state index contributed by atoms with van der Waals surface area (Å²) in [6, 6.07) is 6.83. The van der Waals surface area contributed by atoms with Crippen molar-refractivity contribution in [2.75, 3.05) is 6.54 Å². The fourth-order valence-electron chi connectivity index (χ4n) is 1.49. The van der Waals surface area contributed by atoms with Crippen LogP contribution in [0.5, 0.6) is 0 Å². The maximum absolute atomic E-state index is 13.3. The number of aromatic nitrogens is 1. The first kappa shape index (κ1) is 12.5. The molecule has 0 aliphatic carbocycles. The van der Waals surface area contributed by atoms with Crippen LogP contribution in [0.25, 0.3) is 0 Å². The van der Waals surface area contributed by atoms with Crippen molar-refractivity contribution >= 4 is 22.9 Å². The molecule has 0 amide bonds. The van der Waals surface area contributed by atoms with Crippen LogP contribution in [0.3, 0.4) is 0 Å². The van der Waals surface area contributed by atoms with Crippen molar-refractivity contribution in [1.82, 2.24) is 10.3 Å². The highest BCUT2D eigenvalue weighted by molar-refractivity contribution is 7.15. The van der Waals surface area contributed by atoms with Gasteiger partial charge in [0.05, 0.1) is 6.20 Å². The van der Waals surface area contributed by atoms with Gasteiger partial charge in [0.25, 0.3) is 0 Å². The first-order valence-corrected chi connectivity index (χ1v) is 6.49.